The average Bonchev–Trinajstić information content (AvgIpc) is 2.15. The molecule has 0 fully saturated rings. The van der Waals surface area contributed by atoms with Crippen molar-refractivity contribution in [1.29, 1.82) is 0 Å². The summed E-state index contributed by atoms with van der Waals surface area (Å²) < 4.78 is 22.4. The zero-order chi connectivity index (χ0) is 11.3. The lowest BCUT2D eigenvalue weighted by Crippen LogP contribution is -2.19. The molecule has 1 rings (SSSR count). The van der Waals surface area contributed by atoms with E-state index in [4.69, 9.17) is 5.11 Å². The van der Waals surface area contributed by atoms with Gasteiger partial charge in [0, 0.05) is 12.4 Å². The van der Waals surface area contributed by atoms with Crippen molar-refractivity contribution in [1.82, 2.24) is 4.98 Å². The predicted octanol–water partition coefficient (Wildman–Crippen LogP) is 0.123. The number of carboxylic acids is 1. The van der Waals surface area contributed by atoms with Crippen molar-refractivity contribution in [2.24, 2.45) is 0 Å². The first-order chi connectivity index (χ1) is 6.99. The third-order valence-corrected chi connectivity index (χ3v) is 3.28. The molecule has 1 aromatic heterocycles. The molecule has 1 N–H and O–H groups in total. The molecule has 1 aromatic rings. The number of carboxylic acid groups (broad SMARTS) is 1. The summed E-state index contributed by atoms with van der Waals surface area (Å²) in [4.78, 5) is 14.1. The molecule has 0 saturated heterocycles. The number of aryl methyl sites for hydroxylation is 1. The standard InChI is InChI=1S/C9H11NO4S/c11-9(12)7-15(13,14)5-3-8-2-1-4-10-6-8/h1-2,4,6H,3,5,7H2,(H,11,12). The van der Waals surface area contributed by atoms with E-state index in [1.165, 1.54) is 0 Å². The molecule has 0 saturated carbocycles. The maximum atomic E-state index is 11.2. The van der Waals surface area contributed by atoms with Crippen LogP contribution in [-0.2, 0) is 21.1 Å². The summed E-state index contributed by atoms with van der Waals surface area (Å²) in [6.07, 6.45) is 3.45. The minimum absolute atomic E-state index is 0.162. The van der Waals surface area contributed by atoms with Gasteiger partial charge in [-0.2, -0.15) is 0 Å². The Hall–Kier alpha value is -1.43. The summed E-state index contributed by atoms with van der Waals surface area (Å²) in [5, 5.41) is 8.35. The highest BCUT2D eigenvalue weighted by Crippen LogP contribution is 2.00. The molecule has 82 valence electrons. The second-order valence-corrected chi connectivity index (χ2v) is 5.28. The van der Waals surface area contributed by atoms with Gasteiger partial charge < -0.3 is 5.11 Å². The van der Waals surface area contributed by atoms with Crippen LogP contribution >= 0.6 is 0 Å². The van der Waals surface area contributed by atoms with Crippen LogP contribution < -0.4 is 0 Å². The molecule has 6 heteroatoms. The average molecular weight is 229 g/mol. The number of sulfone groups is 1. The number of carbonyl (C=O) groups is 1. The minimum atomic E-state index is -3.51. The van der Waals surface area contributed by atoms with E-state index in [9.17, 15) is 13.2 Å². The monoisotopic (exact) mass is 229 g/mol. The number of rotatable bonds is 5. The van der Waals surface area contributed by atoms with E-state index in [-0.39, 0.29) is 5.75 Å². The third-order valence-electron chi connectivity index (χ3n) is 1.77. The van der Waals surface area contributed by atoms with E-state index < -0.39 is 21.6 Å². The number of hydrogen-bond donors (Lipinski definition) is 1. The lowest BCUT2D eigenvalue weighted by molar-refractivity contribution is -0.134. The molecule has 0 atom stereocenters. The van der Waals surface area contributed by atoms with Crippen LogP contribution in [0.1, 0.15) is 5.56 Å². The van der Waals surface area contributed by atoms with Crippen LogP contribution in [0.3, 0.4) is 0 Å². The first-order valence-electron chi connectivity index (χ1n) is 4.31. The molecule has 1 heterocycles. The molecule has 0 amide bonds. The van der Waals surface area contributed by atoms with Crippen LogP contribution in [0.15, 0.2) is 24.5 Å². The summed E-state index contributed by atoms with van der Waals surface area (Å²) in [6, 6.07) is 3.46. The molecule has 0 bridgehead atoms. The van der Waals surface area contributed by atoms with Gasteiger partial charge >= 0.3 is 5.97 Å². The molecule has 0 unspecified atom stereocenters. The largest absolute Gasteiger partial charge is 0.480 e. The van der Waals surface area contributed by atoms with Crippen molar-refractivity contribution in [2.45, 2.75) is 6.42 Å². The van der Waals surface area contributed by atoms with Crippen molar-refractivity contribution < 1.29 is 18.3 Å². The number of nitrogens with zero attached hydrogens (tertiary/aromatic N) is 1. The third kappa shape index (κ3) is 4.55. The molecule has 0 radical (unpaired) electrons. The number of pyridine rings is 1. The second-order valence-electron chi connectivity index (χ2n) is 3.10. The highest BCUT2D eigenvalue weighted by Gasteiger charge is 2.15. The summed E-state index contributed by atoms with van der Waals surface area (Å²) in [7, 11) is -3.51. The molecule has 0 spiro atoms. The molecule has 5 nitrogen and oxygen atoms in total. The predicted molar refractivity (Wildman–Crippen MR) is 54.2 cm³/mol. The summed E-state index contributed by atoms with van der Waals surface area (Å²) >= 11 is 0. The topological polar surface area (TPSA) is 84.3 Å². The van der Waals surface area contributed by atoms with E-state index in [0.29, 0.717) is 6.42 Å². The van der Waals surface area contributed by atoms with Crippen molar-refractivity contribution >= 4 is 15.8 Å². The molecule has 0 aromatic carbocycles. The van der Waals surface area contributed by atoms with Crippen LogP contribution in [0.5, 0.6) is 0 Å². The lowest BCUT2D eigenvalue weighted by Gasteiger charge is -2.01. The quantitative estimate of drug-likeness (QED) is 0.775. The van der Waals surface area contributed by atoms with Crippen molar-refractivity contribution in [2.75, 3.05) is 11.5 Å². The molecule has 0 aliphatic heterocycles. The van der Waals surface area contributed by atoms with Crippen molar-refractivity contribution in [3.05, 3.63) is 30.1 Å². The first kappa shape index (κ1) is 11.6. The van der Waals surface area contributed by atoms with E-state index in [2.05, 4.69) is 4.98 Å². The van der Waals surface area contributed by atoms with Gasteiger partial charge in [-0.1, -0.05) is 6.07 Å². The Balaban J connectivity index is 2.54. The van der Waals surface area contributed by atoms with Crippen LogP contribution in [0.25, 0.3) is 0 Å². The molecule has 0 aliphatic rings. The van der Waals surface area contributed by atoms with Gasteiger partial charge in [-0.15, -0.1) is 0 Å². The van der Waals surface area contributed by atoms with Crippen LogP contribution in [0, 0.1) is 0 Å². The number of aliphatic carboxylic acids is 1. The Bertz CT molecular complexity index is 427. The highest BCUT2D eigenvalue weighted by atomic mass is 32.2. The van der Waals surface area contributed by atoms with Gasteiger partial charge in [0.1, 0.15) is 5.75 Å². The first-order valence-corrected chi connectivity index (χ1v) is 6.13. The summed E-state index contributed by atoms with van der Waals surface area (Å²) in [6.45, 7) is 0. The molecular formula is C9H11NO4S. The van der Waals surface area contributed by atoms with Crippen LogP contribution in [-0.4, -0.2) is 36.0 Å². The van der Waals surface area contributed by atoms with Gasteiger partial charge in [-0.05, 0) is 18.1 Å². The molecule has 0 aliphatic carbocycles. The number of aromatic nitrogens is 1. The Morgan fingerprint density at radius 2 is 2.20 bits per heavy atom. The van der Waals surface area contributed by atoms with Gasteiger partial charge in [0.25, 0.3) is 0 Å². The molecular weight excluding hydrogens is 218 g/mol. The number of hydrogen-bond acceptors (Lipinski definition) is 4. The van der Waals surface area contributed by atoms with Gasteiger partial charge in [0.2, 0.25) is 0 Å². The fourth-order valence-electron chi connectivity index (χ4n) is 1.08. The van der Waals surface area contributed by atoms with Crippen LogP contribution in [0.4, 0.5) is 0 Å². The lowest BCUT2D eigenvalue weighted by atomic mass is 10.2. The van der Waals surface area contributed by atoms with E-state index in [1.807, 2.05) is 0 Å². The maximum Gasteiger partial charge on any atom is 0.318 e. The van der Waals surface area contributed by atoms with Gasteiger partial charge in [-0.25, -0.2) is 8.42 Å². The van der Waals surface area contributed by atoms with Gasteiger partial charge in [-0.3, -0.25) is 9.78 Å². The normalized spacial score (nSPS) is 11.2. The Labute approximate surface area is 87.7 Å². The summed E-state index contributed by atoms with van der Waals surface area (Å²) in [5.74, 6) is -2.29. The Morgan fingerprint density at radius 1 is 1.47 bits per heavy atom. The molecule has 15 heavy (non-hydrogen) atoms. The van der Waals surface area contributed by atoms with Gasteiger partial charge in [0.15, 0.2) is 9.84 Å². The van der Waals surface area contributed by atoms with Crippen LogP contribution in [0.2, 0.25) is 0 Å². The smallest absolute Gasteiger partial charge is 0.318 e. The SMILES string of the molecule is O=C(O)CS(=O)(=O)CCc1cccnc1. The highest BCUT2D eigenvalue weighted by molar-refractivity contribution is 7.92. The van der Waals surface area contributed by atoms with E-state index in [1.54, 1.807) is 24.5 Å². The fraction of sp³-hybridized carbons (Fsp3) is 0.333. The maximum absolute atomic E-state index is 11.2. The van der Waals surface area contributed by atoms with Gasteiger partial charge in [0.05, 0.1) is 5.75 Å². The Morgan fingerprint density at radius 3 is 2.73 bits per heavy atom. The van der Waals surface area contributed by atoms with E-state index >= 15 is 0 Å². The second kappa shape index (κ2) is 4.88. The minimum Gasteiger partial charge on any atom is -0.480 e. The van der Waals surface area contributed by atoms with Crippen molar-refractivity contribution in [3.8, 4) is 0 Å². The summed E-state index contributed by atoms with van der Waals surface area (Å²) in [5.41, 5.74) is 0.784. The van der Waals surface area contributed by atoms with E-state index in [0.717, 1.165) is 5.56 Å². The van der Waals surface area contributed by atoms with Crippen molar-refractivity contribution in [3.63, 3.8) is 0 Å². The fourth-order valence-corrected chi connectivity index (χ4v) is 2.15. The Kier molecular flexibility index (Phi) is 3.79. The zero-order valence-electron chi connectivity index (χ0n) is 7.96. The zero-order valence-corrected chi connectivity index (χ0v) is 8.77.